The van der Waals surface area contributed by atoms with Crippen LogP contribution >= 0.6 is 0 Å². The zero-order chi connectivity index (χ0) is 21.1. The lowest BCUT2D eigenvalue weighted by Gasteiger charge is -2.33. The van der Waals surface area contributed by atoms with Gasteiger partial charge in [-0.3, -0.25) is 14.5 Å². The third-order valence-corrected chi connectivity index (χ3v) is 4.81. The number of nitrogens with one attached hydrogen (secondary N) is 1. The minimum absolute atomic E-state index is 0.0674. The van der Waals surface area contributed by atoms with Gasteiger partial charge in [-0.15, -0.1) is 0 Å². The average molecular weight is 408 g/mol. The molecule has 0 radical (unpaired) electrons. The van der Waals surface area contributed by atoms with E-state index < -0.39 is 6.10 Å². The quantitative estimate of drug-likeness (QED) is 0.692. The zero-order valence-corrected chi connectivity index (χ0v) is 16.4. The van der Waals surface area contributed by atoms with Crippen molar-refractivity contribution >= 4 is 17.5 Å². The molecule has 1 atom stereocenters. The molecule has 2 heterocycles. The van der Waals surface area contributed by atoms with Crippen LogP contribution in [0.1, 0.15) is 23.9 Å². The molecule has 6 nitrogen and oxygen atoms in total. The molecule has 0 spiro atoms. The molecule has 2 amide bonds. The van der Waals surface area contributed by atoms with Crippen molar-refractivity contribution in [1.29, 1.82) is 0 Å². The monoisotopic (exact) mass is 408 g/mol. The van der Waals surface area contributed by atoms with Crippen molar-refractivity contribution in [3.63, 3.8) is 0 Å². The fourth-order valence-electron chi connectivity index (χ4n) is 3.28. The maximum atomic E-state index is 13.2. The Labute approximate surface area is 173 Å². The van der Waals surface area contributed by atoms with E-state index in [1.807, 2.05) is 6.92 Å². The fourth-order valence-corrected chi connectivity index (χ4v) is 3.28. The largest absolute Gasteiger partial charge is 0.477 e. The van der Waals surface area contributed by atoms with Crippen molar-refractivity contribution in [2.45, 2.75) is 19.4 Å². The number of furan rings is 1. The van der Waals surface area contributed by atoms with Gasteiger partial charge in [0.1, 0.15) is 17.3 Å². The molecule has 2 aromatic carbocycles. The number of nitrogens with zero attached hydrogens (tertiary/aromatic N) is 1. The van der Waals surface area contributed by atoms with Crippen LogP contribution in [0.4, 0.5) is 10.1 Å². The van der Waals surface area contributed by atoms with Gasteiger partial charge in [0, 0.05) is 12.1 Å². The van der Waals surface area contributed by atoms with Gasteiger partial charge in [0.2, 0.25) is 0 Å². The number of hydrogen-bond acceptors (Lipinski definition) is 4. The van der Waals surface area contributed by atoms with Crippen LogP contribution in [0.15, 0.2) is 65.1 Å². The summed E-state index contributed by atoms with van der Waals surface area (Å²) in [6, 6.07) is 16.1. The Morgan fingerprint density at radius 3 is 2.63 bits per heavy atom. The normalized spacial score (nSPS) is 15.3. The minimum atomic E-state index is -0.818. The summed E-state index contributed by atoms with van der Waals surface area (Å²) < 4.78 is 24.7. The first-order valence-electron chi connectivity index (χ1n) is 9.78. The number of para-hydroxylation sites is 2. The molecule has 1 aromatic heterocycles. The number of rotatable bonds is 5. The third kappa shape index (κ3) is 3.91. The van der Waals surface area contributed by atoms with Crippen LogP contribution < -0.4 is 15.0 Å². The van der Waals surface area contributed by atoms with Crippen LogP contribution in [0.3, 0.4) is 0 Å². The van der Waals surface area contributed by atoms with Gasteiger partial charge in [0.05, 0.1) is 12.2 Å². The van der Waals surface area contributed by atoms with E-state index >= 15 is 0 Å². The summed E-state index contributed by atoms with van der Waals surface area (Å²) in [6.45, 7) is 2.56. The van der Waals surface area contributed by atoms with Gasteiger partial charge in [-0.05, 0) is 55.0 Å². The van der Waals surface area contributed by atoms with E-state index in [2.05, 4.69) is 5.32 Å². The second-order valence-corrected chi connectivity index (χ2v) is 6.95. The highest BCUT2D eigenvalue weighted by Crippen LogP contribution is 2.34. The van der Waals surface area contributed by atoms with Gasteiger partial charge in [0.25, 0.3) is 11.8 Å². The van der Waals surface area contributed by atoms with Crippen molar-refractivity contribution in [1.82, 2.24) is 5.32 Å². The maximum Gasteiger partial charge on any atom is 0.294 e. The van der Waals surface area contributed by atoms with E-state index in [0.29, 0.717) is 29.3 Å². The topological polar surface area (TPSA) is 71.8 Å². The zero-order valence-electron chi connectivity index (χ0n) is 16.4. The van der Waals surface area contributed by atoms with E-state index in [1.165, 1.54) is 17.0 Å². The molecule has 0 saturated carbocycles. The van der Waals surface area contributed by atoms with Crippen molar-refractivity contribution in [3.05, 3.63) is 72.2 Å². The van der Waals surface area contributed by atoms with E-state index in [4.69, 9.17) is 9.15 Å². The molecule has 0 aliphatic carbocycles. The SMILES string of the molecule is CCCNC(=O)[C@@H]1CN(C(=O)c2ccc(-c3ccc(F)cc3)o2)c2ccccc2O1. The number of carbonyl (C=O) groups excluding carboxylic acids is 2. The van der Waals surface area contributed by atoms with E-state index in [0.717, 1.165) is 6.42 Å². The molecule has 154 valence electrons. The van der Waals surface area contributed by atoms with Crippen LogP contribution in [0, 0.1) is 5.82 Å². The number of ether oxygens (including phenoxy) is 1. The number of fused-ring (bicyclic) bond motifs is 1. The van der Waals surface area contributed by atoms with Gasteiger partial charge in [-0.2, -0.15) is 0 Å². The van der Waals surface area contributed by atoms with Crippen LogP contribution in [0.2, 0.25) is 0 Å². The highest BCUT2D eigenvalue weighted by atomic mass is 19.1. The summed E-state index contributed by atoms with van der Waals surface area (Å²) in [5.74, 6) is 0.0388. The number of halogens is 1. The molecule has 0 saturated heterocycles. The van der Waals surface area contributed by atoms with Crippen LogP contribution in [0.25, 0.3) is 11.3 Å². The Kier molecular flexibility index (Phi) is 5.52. The molecule has 1 N–H and O–H groups in total. The van der Waals surface area contributed by atoms with Crippen LogP contribution in [-0.2, 0) is 4.79 Å². The lowest BCUT2D eigenvalue weighted by molar-refractivity contribution is -0.127. The second-order valence-electron chi connectivity index (χ2n) is 6.95. The summed E-state index contributed by atoms with van der Waals surface area (Å²) in [6.07, 6.45) is -0.0158. The highest BCUT2D eigenvalue weighted by molar-refractivity contribution is 6.06. The Morgan fingerprint density at radius 1 is 1.10 bits per heavy atom. The Hall–Kier alpha value is -3.61. The van der Waals surface area contributed by atoms with Crippen molar-refractivity contribution in [2.75, 3.05) is 18.0 Å². The van der Waals surface area contributed by atoms with Crippen molar-refractivity contribution < 1.29 is 23.1 Å². The summed E-state index contributed by atoms with van der Waals surface area (Å²) in [5.41, 5.74) is 1.23. The van der Waals surface area contributed by atoms with Gasteiger partial charge >= 0.3 is 0 Å². The molecule has 7 heteroatoms. The van der Waals surface area contributed by atoms with Crippen molar-refractivity contribution in [3.8, 4) is 17.1 Å². The predicted molar refractivity (Wildman–Crippen MR) is 110 cm³/mol. The molecule has 0 bridgehead atoms. The number of benzene rings is 2. The van der Waals surface area contributed by atoms with Crippen LogP contribution in [-0.4, -0.2) is 31.0 Å². The predicted octanol–water partition coefficient (Wildman–Crippen LogP) is 4.02. The molecule has 0 fully saturated rings. The summed E-state index contributed by atoms with van der Waals surface area (Å²) >= 11 is 0. The van der Waals surface area contributed by atoms with Gasteiger partial charge in [-0.25, -0.2) is 4.39 Å². The minimum Gasteiger partial charge on any atom is -0.477 e. The summed E-state index contributed by atoms with van der Waals surface area (Å²) in [4.78, 5) is 27.2. The van der Waals surface area contributed by atoms with E-state index in [1.54, 1.807) is 48.5 Å². The first-order valence-corrected chi connectivity index (χ1v) is 9.78. The number of amides is 2. The maximum absolute atomic E-state index is 13.2. The molecule has 1 aliphatic heterocycles. The van der Waals surface area contributed by atoms with E-state index in [-0.39, 0.29) is 29.9 Å². The third-order valence-electron chi connectivity index (χ3n) is 4.81. The van der Waals surface area contributed by atoms with Gasteiger partial charge in [-0.1, -0.05) is 19.1 Å². The standard InChI is InChI=1S/C23H21FN2O4/c1-2-13-25-22(27)21-14-26(17-5-3-4-6-19(17)30-21)23(28)20-12-11-18(29-20)15-7-9-16(24)10-8-15/h3-12,21H,2,13-14H2,1H3,(H,25,27)/t21-/m0/s1. The number of anilines is 1. The van der Waals surface area contributed by atoms with Crippen LogP contribution in [0.5, 0.6) is 5.75 Å². The highest BCUT2D eigenvalue weighted by Gasteiger charge is 2.35. The van der Waals surface area contributed by atoms with E-state index in [9.17, 15) is 14.0 Å². The van der Waals surface area contributed by atoms with Gasteiger partial charge < -0.3 is 14.5 Å². The Morgan fingerprint density at radius 2 is 1.87 bits per heavy atom. The Bertz CT molecular complexity index is 1060. The van der Waals surface area contributed by atoms with Crippen molar-refractivity contribution in [2.24, 2.45) is 0 Å². The Balaban J connectivity index is 1.61. The smallest absolute Gasteiger partial charge is 0.294 e. The summed E-state index contributed by atoms with van der Waals surface area (Å²) in [7, 11) is 0. The molecule has 4 rings (SSSR count). The average Bonchev–Trinajstić information content (AvgIpc) is 3.27. The molecule has 0 unspecified atom stereocenters. The second kappa shape index (κ2) is 8.41. The molecular weight excluding hydrogens is 387 g/mol. The van der Waals surface area contributed by atoms with Gasteiger partial charge in [0.15, 0.2) is 11.9 Å². The molecule has 1 aliphatic rings. The molecule has 3 aromatic rings. The molecular formula is C23H21FN2O4. The number of carbonyl (C=O) groups is 2. The summed E-state index contributed by atoms with van der Waals surface area (Å²) in [5, 5.41) is 2.81. The fraction of sp³-hybridized carbons (Fsp3) is 0.217. The first kappa shape index (κ1) is 19.7. The first-order chi connectivity index (χ1) is 14.6. The molecule has 30 heavy (non-hydrogen) atoms. The number of hydrogen-bond donors (Lipinski definition) is 1. The lowest BCUT2D eigenvalue weighted by Crippen LogP contribution is -2.50. The lowest BCUT2D eigenvalue weighted by atomic mass is 10.1.